The van der Waals surface area contributed by atoms with Crippen molar-refractivity contribution in [2.75, 3.05) is 39.8 Å². The second kappa shape index (κ2) is 12.4. The Balaban J connectivity index is 0.00000280. The van der Waals surface area contributed by atoms with Crippen molar-refractivity contribution in [1.29, 1.82) is 0 Å². The molecular formula is C21H32IN5S. The van der Waals surface area contributed by atoms with Crippen LogP contribution in [-0.2, 0) is 19.6 Å². The number of benzene rings is 1. The van der Waals surface area contributed by atoms with E-state index in [4.69, 9.17) is 0 Å². The zero-order valence-corrected chi connectivity index (χ0v) is 20.0. The SMILES string of the molecule is CCN1CCN(Cc2ccc(CNC(=NC)NCc3cccs3)cc2)CC1.I. The van der Waals surface area contributed by atoms with Crippen LogP contribution in [0.1, 0.15) is 22.9 Å². The van der Waals surface area contributed by atoms with Crippen molar-refractivity contribution < 1.29 is 0 Å². The summed E-state index contributed by atoms with van der Waals surface area (Å²) in [6, 6.07) is 13.2. The molecule has 1 saturated heterocycles. The van der Waals surface area contributed by atoms with Gasteiger partial charge in [-0.3, -0.25) is 9.89 Å². The van der Waals surface area contributed by atoms with Gasteiger partial charge in [0.15, 0.2) is 5.96 Å². The molecule has 0 spiro atoms. The molecule has 28 heavy (non-hydrogen) atoms. The molecule has 7 heteroatoms. The molecule has 0 unspecified atom stereocenters. The number of guanidine groups is 1. The zero-order valence-electron chi connectivity index (χ0n) is 16.9. The third-order valence-electron chi connectivity index (χ3n) is 5.04. The lowest BCUT2D eigenvalue weighted by atomic mass is 10.1. The lowest BCUT2D eigenvalue weighted by molar-refractivity contribution is 0.132. The molecule has 154 valence electrons. The molecule has 2 heterocycles. The average molecular weight is 513 g/mol. The van der Waals surface area contributed by atoms with Gasteiger partial charge >= 0.3 is 0 Å². The van der Waals surface area contributed by atoms with Crippen molar-refractivity contribution in [2.24, 2.45) is 4.99 Å². The molecule has 1 aliphatic rings. The Hall–Kier alpha value is -1.16. The number of likely N-dealkylation sites (N-methyl/N-ethyl adjacent to an activating group) is 1. The quantitative estimate of drug-likeness (QED) is 0.339. The Bertz CT molecular complexity index is 694. The van der Waals surface area contributed by atoms with Gasteiger partial charge in [-0.15, -0.1) is 35.3 Å². The van der Waals surface area contributed by atoms with E-state index in [-0.39, 0.29) is 24.0 Å². The second-order valence-corrected chi connectivity index (χ2v) is 7.92. The monoisotopic (exact) mass is 513 g/mol. The molecule has 0 aliphatic carbocycles. The fraction of sp³-hybridized carbons (Fsp3) is 0.476. The summed E-state index contributed by atoms with van der Waals surface area (Å²) in [4.78, 5) is 10.7. The van der Waals surface area contributed by atoms with E-state index in [0.29, 0.717) is 0 Å². The van der Waals surface area contributed by atoms with Crippen LogP contribution in [0, 0.1) is 0 Å². The summed E-state index contributed by atoms with van der Waals surface area (Å²) in [5.41, 5.74) is 2.66. The van der Waals surface area contributed by atoms with Crippen molar-refractivity contribution in [1.82, 2.24) is 20.4 Å². The molecular weight excluding hydrogens is 481 g/mol. The van der Waals surface area contributed by atoms with Crippen LogP contribution in [0.2, 0.25) is 0 Å². The summed E-state index contributed by atoms with van der Waals surface area (Å²) in [6.45, 7) is 10.8. The lowest BCUT2D eigenvalue weighted by Gasteiger charge is -2.34. The Morgan fingerprint density at radius 3 is 2.21 bits per heavy atom. The molecule has 0 amide bonds. The fourth-order valence-corrected chi connectivity index (χ4v) is 3.92. The number of aliphatic imine (C=N–C) groups is 1. The van der Waals surface area contributed by atoms with Gasteiger partial charge in [0.1, 0.15) is 0 Å². The van der Waals surface area contributed by atoms with Gasteiger partial charge in [0.2, 0.25) is 0 Å². The summed E-state index contributed by atoms with van der Waals surface area (Å²) >= 11 is 1.76. The molecule has 3 rings (SSSR count). The van der Waals surface area contributed by atoms with Gasteiger partial charge in [0, 0.05) is 51.2 Å². The van der Waals surface area contributed by atoms with Crippen molar-refractivity contribution in [2.45, 2.75) is 26.6 Å². The van der Waals surface area contributed by atoms with Crippen LogP contribution in [0.4, 0.5) is 0 Å². The first-order chi connectivity index (χ1) is 13.3. The average Bonchev–Trinajstić information content (AvgIpc) is 3.23. The number of piperazine rings is 1. The topological polar surface area (TPSA) is 42.9 Å². The Labute approximate surface area is 190 Å². The van der Waals surface area contributed by atoms with Gasteiger partial charge in [-0.25, -0.2) is 0 Å². The van der Waals surface area contributed by atoms with E-state index in [0.717, 1.165) is 25.6 Å². The van der Waals surface area contributed by atoms with Gasteiger partial charge in [-0.1, -0.05) is 37.3 Å². The van der Waals surface area contributed by atoms with Crippen LogP contribution in [0.3, 0.4) is 0 Å². The molecule has 0 bridgehead atoms. The predicted molar refractivity (Wildman–Crippen MR) is 131 cm³/mol. The zero-order chi connectivity index (χ0) is 18.9. The minimum absolute atomic E-state index is 0. The normalized spacial score (nSPS) is 15.9. The van der Waals surface area contributed by atoms with Gasteiger partial charge in [0.25, 0.3) is 0 Å². The number of thiophene rings is 1. The van der Waals surface area contributed by atoms with Gasteiger partial charge in [0.05, 0.1) is 6.54 Å². The Morgan fingerprint density at radius 1 is 0.964 bits per heavy atom. The number of nitrogens with one attached hydrogen (secondary N) is 2. The highest BCUT2D eigenvalue weighted by atomic mass is 127. The third-order valence-corrected chi connectivity index (χ3v) is 5.91. The van der Waals surface area contributed by atoms with Crippen LogP contribution in [0.15, 0.2) is 46.8 Å². The number of hydrogen-bond donors (Lipinski definition) is 2. The van der Waals surface area contributed by atoms with Crippen LogP contribution in [0.5, 0.6) is 0 Å². The molecule has 2 aromatic rings. The van der Waals surface area contributed by atoms with Gasteiger partial charge in [-0.2, -0.15) is 0 Å². The van der Waals surface area contributed by atoms with Crippen LogP contribution >= 0.6 is 35.3 Å². The largest absolute Gasteiger partial charge is 0.352 e. The minimum Gasteiger partial charge on any atom is -0.352 e. The van der Waals surface area contributed by atoms with E-state index in [1.807, 2.05) is 7.05 Å². The molecule has 1 aliphatic heterocycles. The van der Waals surface area contributed by atoms with Gasteiger partial charge in [-0.05, 0) is 29.1 Å². The summed E-state index contributed by atoms with van der Waals surface area (Å²) in [5.74, 6) is 0.835. The Kier molecular flexibility index (Phi) is 10.3. The van der Waals surface area contributed by atoms with Gasteiger partial charge < -0.3 is 15.5 Å². The third kappa shape index (κ3) is 7.35. The van der Waals surface area contributed by atoms with E-state index in [9.17, 15) is 0 Å². The first-order valence-corrected chi connectivity index (χ1v) is 10.6. The van der Waals surface area contributed by atoms with E-state index in [1.54, 1.807) is 11.3 Å². The highest BCUT2D eigenvalue weighted by Gasteiger charge is 2.15. The molecule has 1 aromatic heterocycles. The van der Waals surface area contributed by atoms with Crippen LogP contribution < -0.4 is 10.6 Å². The molecule has 1 aromatic carbocycles. The maximum atomic E-state index is 4.30. The first-order valence-electron chi connectivity index (χ1n) is 9.76. The maximum Gasteiger partial charge on any atom is 0.191 e. The number of nitrogens with zero attached hydrogens (tertiary/aromatic N) is 3. The minimum atomic E-state index is 0. The predicted octanol–water partition coefficient (Wildman–Crippen LogP) is 3.37. The van der Waals surface area contributed by atoms with E-state index < -0.39 is 0 Å². The van der Waals surface area contributed by atoms with Crippen LogP contribution in [-0.4, -0.2) is 55.5 Å². The second-order valence-electron chi connectivity index (χ2n) is 6.89. The first kappa shape index (κ1) is 23.1. The highest BCUT2D eigenvalue weighted by molar-refractivity contribution is 14.0. The fourth-order valence-electron chi connectivity index (χ4n) is 3.27. The van der Waals surface area contributed by atoms with Crippen molar-refractivity contribution >= 4 is 41.3 Å². The standard InChI is InChI=1S/C21H31N5S.HI/c1-3-25-10-12-26(13-11-25)17-19-8-6-18(7-9-19)15-23-21(22-2)24-16-20-5-4-14-27-20;/h4-9,14H,3,10-13,15-17H2,1-2H3,(H2,22,23,24);1H. The molecule has 0 atom stereocenters. The Morgan fingerprint density at radius 2 is 1.61 bits per heavy atom. The molecule has 1 fully saturated rings. The number of halogens is 1. The summed E-state index contributed by atoms with van der Waals surface area (Å²) in [5, 5.41) is 8.84. The lowest BCUT2D eigenvalue weighted by Crippen LogP contribution is -2.45. The number of rotatable bonds is 7. The van der Waals surface area contributed by atoms with Crippen molar-refractivity contribution in [3.8, 4) is 0 Å². The molecule has 0 radical (unpaired) electrons. The van der Waals surface area contributed by atoms with Crippen molar-refractivity contribution in [3.63, 3.8) is 0 Å². The van der Waals surface area contributed by atoms with E-state index in [2.05, 4.69) is 74.1 Å². The number of hydrogen-bond acceptors (Lipinski definition) is 4. The molecule has 0 saturated carbocycles. The van der Waals surface area contributed by atoms with E-state index in [1.165, 1.54) is 48.7 Å². The van der Waals surface area contributed by atoms with Crippen molar-refractivity contribution in [3.05, 3.63) is 57.8 Å². The summed E-state index contributed by atoms with van der Waals surface area (Å²) in [7, 11) is 1.81. The maximum absolute atomic E-state index is 4.30. The summed E-state index contributed by atoms with van der Waals surface area (Å²) in [6.07, 6.45) is 0. The van der Waals surface area contributed by atoms with E-state index >= 15 is 0 Å². The highest BCUT2D eigenvalue weighted by Crippen LogP contribution is 2.10. The van der Waals surface area contributed by atoms with Crippen LogP contribution in [0.25, 0.3) is 0 Å². The molecule has 2 N–H and O–H groups in total. The summed E-state index contributed by atoms with van der Waals surface area (Å²) < 4.78 is 0. The molecule has 5 nitrogen and oxygen atoms in total. The smallest absolute Gasteiger partial charge is 0.191 e.